The van der Waals surface area contributed by atoms with Crippen LogP contribution in [0.4, 0.5) is 29.1 Å². The number of hydrogen-bond donors (Lipinski definition) is 3. The van der Waals surface area contributed by atoms with Gasteiger partial charge < -0.3 is 26.3 Å². The number of amidine groups is 1. The van der Waals surface area contributed by atoms with Crippen molar-refractivity contribution in [2.75, 3.05) is 17.9 Å². The standard InChI is InChI=1S/C18H16F4N6O3/c1-18(5-11(14(21)22)31-17(24)28-18)9-4-8(2-3-10(9)20)26-16(29)13-15(23)27-12(6-25-13)30-7-19/h2-6,14H,7H2,1H3,(H2,23,27)(H2,24,28)(H,26,29)/t18-/m0/s1. The third-order valence-electron chi connectivity index (χ3n) is 4.17. The maximum Gasteiger partial charge on any atom is 0.295 e. The second-order valence-corrected chi connectivity index (χ2v) is 6.39. The van der Waals surface area contributed by atoms with Crippen molar-refractivity contribution < 1.29 is 31.8 Å². The molecule has 1 amide bonds. The summed E-state index contributed by atoms with van der Waals surface area (Å²) in [5, 5.41) is 2.44. The fraction of sp³-hybridized carbons (Fsp3) is 0.222. The molecule has 0 fully saturated rings. The number of amides is 1. The number of aromatic nitrogens is 2. The normalized spacial score (nSPS) is 18.1. The number of halogens is 4. The number of carbonyl (C=O) groups is 1. The molecule has 0 saturated heterocycles. The van der Waals surface area contributed by atoms with E-state index in [4.69, 9.17) is 11.5 Å². The lowest BCUT2D eigenvalue weighted by atomic mass is 9.90. The molecule has 2 aromatic rings. The molecule has 1 aliphatic heterocycles. The molecule has 9 nitrogen and oxygen atoms in total. The van der Waals surface area contributed by atoms with Gasteiger partial charge in [-0.1, -0.05) is 0 Å². The van der Waals surface area contributed by atoms with Gasteiger partial charge in [0.25, 0.3) is 18.4 Å². The third kappa shape index (κ3) is 4.65. The highest BCUT2D eigenvalue weighted by Crippen LogP contribution is 2.36. The van der Waals surface area contributed by atoms with E-state index in [1.807, 2.05) is 0 Å². The number of allylic oxidation sites excluding steroid dienone is 1. The van der Waals surface area contributed by atoms with Gasteiger partial charge >= 0.3 is 0 Å². The van der Waals surface area contributed by atoms with Crippen LogP contribution >= 0.6 is 0 Å². The number of hydrogen-bond acceptors (Lipinski definition) is 8. The van der Waals surface area contributed by atoms with Crippen LogP contribution in [0.25, 0.3) is 0 Å². The zero-order valence-electron chi connectivity index (χ0n) is 15.9. The highest BCUT2D eigenvalue weighted by molar-refractivity contribution is 6.05. The molecule has 2 heterocycles. The van der Waals surface area contributed by atoms with Crippen molar-refractivity contribution in [2.24, 2.45) is 10.7 Å². The van der Waals surface area contributed by atoms with Gasteiger partial charge in [-0.05, 0) is 31.2 Å². The Morgan fingerprint density at radius 3 is 2.74 bits per heavy atom. The first-order chi connectivity index (χ1) is 14.6. The molecular weight excluding hydrogens is 424 g/mol. The molecule has 0 aliphatic carbocycles. The zero-order valence-corrected chi connectivity index (χ0v) is 15.9. The molecule has 1 aliphatic rings. The molecule has 0 saturated carbocycles. The topological polar surface area (TPSA) is 138 Å². The van der Waals surface area contributed by atoms with Crippen LogP contribution in [-0.4, -0.2) is 35.2 Å². The minimum Gasteiger partial charge on any atom is -0.445 e. The van der Waals surface area contributed by atoms with Crippen LogP contribution in [0.15, 0.2) is 41.2 Å². The number of carbonyl (C=O) groups excluding carboxylic acids is 1. The fourth-order valence-electron chi connectivity index (χ4n) is 2.82. The predicted molar refractivity (Wildman–Crippen MR) is 102 cm³/mol. The highest BCUT2D eigenvalue weighted by Gasteiger charge is 2.35. The summed E-state index contributed by atoms with van der Waals surface area (Å²) >= 11 is 0. The summed E-state index contributed by atoms with van der Waals surface area (Å²) in [6.07, 6.45) is -1.06. The van der Waals surface area contributed by atoms with Crippen molar-refractivity contribution in [1.82, 2.24) is 9.97 Å². The molecule has 0 unspecified atom stereocenters. The Morgan fingerprint density at radius 1 is 1.35 bits per heavy atom. The molecule has 0 bridgehead atoms. The Morgan fingerprint density at radius 2 is 2.10 bits per heavy atom. The monoisotopic (exact) mass is 440 g/mol. The summed E-state index contributed by atoms with van der Waals surface area (Å²) in [4.78, 5) is 23.8. The molecule has 3 rings (SSSR count). The Kier molecular flexibility index (Phi) is 5.95. The van der Waals surface area contributed by atoms with Gasteiger partial charge in [0.05, 0.1) is 6.20 Å². The zero-order chi connectivity index (χ0) is 22.8. The number of nitrogens with zero attached hydrogens (tertiary/aromatic N) is 3. The van der Waals surface area contributed by atoms with E-state index >= 15 is 0 Å². The molecule has 1 aromatic heterocycles. The average Bonchev–Trinajstić information content (AvgIpc) is 2.69. The number of alkyl halides is 3. The minimum absolute atomic E-state index is 0.0835. The van der Waals surface area contributed by atoms with Crippen molar-refractivity contribution in [2.45, 2.75) is 18.9 Å². The molecule has 13 heteroatoms. The Bertz CT molecular complexity index is 1080. The first kappa shape index (κ1) is 21.8. The summed E-state index contributed by atoms with van der Waals surface area (Å²) in [5.41, 5.74) is 9.12. The van der Waals surface area contributed by atoms with Gasteiger partial charge in [0, 0.05) is 11.3 Å². The molecule has 0 radical (unpaired) electrons. The van der Waals surface area contributed by atoms with Gasteiger partial charge in [-0.2, -0.15) is 4.98 Å². The lowest BCUT2D eigenvalue weighted by Gasteiger charge is -2.28. The van der Waals surface area contributed by atoms with Crippen molar-refractivity contribution >= 4 is 23.4 Å². The first-order valence-electron chi connectivity index (χ1n) is 8.59. The van der Waals surface area contributed by atoms with E-state index in [9.17, 15) is 22.4 Å². The summed E-state index contributed by atoms with van der Waals surface area (Å²) < 4.78 is 62.1. The number of benzene rings is 1. The highest BCUT2D eigenvalue weighted by atomic mass is 19.3. The predicted octanol–water partition coefficient (Wildman–Crippen LogP) is 2.47. The maximum atomic E-state index is 14.5. The van der Waals surface area contributed by atoms with E-state index in [2.05, 4.69) is 29.8 Å². The van der Waals surface area contributed by atoms with Crippen LogP contribution in [0.5, 0.6) is 5.88 Å². The molecule has 0 spiro atoms. The van der Waals surface area contributed by atoms with Gasteiger partial charge in [-0.15, -0.1) is 0 Å². The van der Waals surface area contributed by atoms with Crippen LogP contribution in [0.3, 0.4) is 0 Å². The number of aliphatic imine (C=N–C) groups is 1. The molecule has 164 valence electrons. The summed E-state index contributed by atoms with van der Waals surface area (Å²) in [6, 6.07) is 2.88. The largest absolute Gasteiger partial charge is 0.445 e. The van der Waals surface area contributed by atoms with Gasteiger partial charge in [0.1, 0.15) is 11.4 Å². The number of nitrogen functional groups attached to an aromatic ring is 1. The van der Waals surface area contributed by atoms with E-state index in [-0.39, 0.29) is 28.6 Å². The van der Waals surface area contributed by atoms with Crippen LogP contribution in [0.2, 0.25) is 0 Å². The molecule has 1 aromatic carbocycles. The third-order valence-corrected chi connectivity index (χ3v) is 4.17. The van der Waals surface area contributed by atoms with Crippen molar-refractivity contribution in [3.8, 4) is 5.88 Å². The second-order valence-electron chi connectivity index (χ2n) is 6.39. The van der Waals surface area contributed by atoms with Gasteiger partial charge in [0.15, 0.2) is 17.3 Å². The van der Waals surface area contributed by atoms with Crippen LogP contribution in [-0.2, 0) is 10.3 Å². The van der Waals surface area contributed by atoms with Crippen LogP contribution in [0, 0.1) is 5.82 Å². The van der Waals surface area contributed by atoms with E-state index < -0.39 is 42.3 Å². The van der Waals surface area contributed by atoms with Crippen molar-refractivity contribution in [1.29, 1.82) is 0 Å². The summed E-state index contributed by atoms with van der Waals surface area (Å²) in [7, 11) is 0. The molecule has 31 heavy (non-hydrogen) atoms. The SMILES string of the molecule is C[C@@]1(c2cc(NC(=O)c3ncc(OCF)nc3N)ccc2F)C=C(C(F)F)OC(N)=N1. The Hall–Kier alpha value is -3.90. The van der Waals surface area contributed by atoms with E-state index in [1.54, 1.807) is 0 Å². The van der Waals surface area contributed by atoms with Crippen LogP contribution < -0.4 is 21.5 Å². The maximum absolute atomic E-state index is 14.5. The average molecular weight is 440 g/mol. The number of ether oxygens (including phenoxy) is 2. The minimum atomic E-state index is -3.00. The second kappa shape index (κ2) is 8.45. The number of anilines is 2. The van der Waals surface area contributed by atoms with Gasteiger partial charge in [-0.3, -0.25) is 4.79 Å². The van der Waals surface area contributed by atoms with E-state index in [0.717, 1.165) is 18.3 Å². The Labute approximate surface area is 172 Å². The smallest absolute Gasteiger partial charge is 0.295 e. The number of nitrogens with one attached hydrogen (secondary N) is 1. The lowest BCUT2D eigenvalue weighted by Crippen LogP contribution is -2.32. The van der Waals surface area contributed by atoms with Crippen molar-refractivity contribution in [3.05, 3.63) is 53.3 Å². The van der Waals surface area contributed by atoms with Crippen molar-refractivity contribution in [3.63, 3.8) is 0 Å². The quantitative estimate of drug-likeness (QED) is 0.587. The van der Waals surface area contributed by atoms with E-state index in [1.165, 1.54) is 19.1 Å². The summed E-state index contributed by atoms with van der Waals surface area (Å²) in [6.45, 7) is 0.193. The van der Waals surface area contributed by atoms with Crippen LogP contribution in [0.1, 0.15) is 23.0 Å². The van der Waals surface area contributed by atoms with E-state index in [0.29, 0.717) is 0 Å². The number of nitrogens with two attached hydrogens (primary N) is 2. The van der Waals surface area contributed by atoms with Gasteiger partial charge in [-0.25, -0.2) is 27.5 Å². The summed E-state index contributed by atoms with van der Waals surface area (Å²) in [5.74, 6) is -2.91. The molecular formula is C18H16F4N6O3. The first-order valence-corrected chi connectivity index (χ1v) is 8.59. The molecule has 5 N–H and O–H groups in total. The van der Waals surface area contributed by atoms with Gasteiger partial charge in [0.2, 0.25) is 12.7 Å². The lowest BCUT2D eigenvalue weighted by molar-refractivity contribution is 0.102. The Balaban J connectivity index is 1.91. The molecule has 1 atom stereocenters. The fourth-order valence-corrected chi connectivity index (χ4v) is 2.82. The number of rotatable bonds is 6.